The summed E-state index contributed by atoms with van der Waals surface area (Å²) in [5.74, 6) is 1.43. The van der Waals surface area contributed by atoms with E-state index in [0.29, 0.717) is 18.0 Å². The van der Waals surface area contributed by atoms with Crippen molar-refractivity contribution in [2.24, 2.45) is 0 Å². The number of amides is 2. The normalized spacial score (nSPS) is 16.8. The van der Waals surface area contributed by atoms with Crippen LogP contribution in [0.5, 0.6) is 11.5 Å². The lowest BCUT2D eigenvalue weighted by atomic mass is 10.0. The zero-order chi connectivity index (χ0) is 18.0. The maximum Gasteiger partial charge on any atom is 0.320 e. The molecule has 1 aromatic heterocycles. The first-order valence-corrected chi connectivity index (χ1v) is 8.41. The summed E-state index contributed by atoms with van der Waals surface area (Å²) in [4.78, 5) is 16.4. The first kappa shape index (κ1) is 17.2. The van der Waals surface area contributed by atoms with Crippen molar-refractivity contribution in [2.45, 2.75) is 19.0 Å². The zero-order valence-corrected chi connectivity index (χ0v) is 15.2. The van der Waals surface area contributed by atoms with Gasteiger partial charge in [0, 0.05) is 45.1 Å². The molecule has 2 aromatic rings. The van der Waals surface area contributed by atoms with Crippen molar-refractivity contribution < 1.29 is 14.3 Å². The number of aryl methyl sites for hydroxylation is 1. The molecule has 0 aliphatic carbocycles. The van der Waals surface area contributed by atoms with E-state index >= 15 is 0 Å². The Hall–Kier alpha value is -2.63. The lowest BCUT2D eigenvalue weighted by Gasteiger charge is -2.33. The molecule has 1 atom stereocenters. The van der Waals surface area contributed by atoms with Crippen molar-refractivity contribution in [2.75, 3.05) is 34.9 Å². The molecule has 0 bridgehead atoms. The Kier molecular flexibility index (Phi) is 4.88. The minimum absolute atomic E-state index is 0.00133. The maximum atomic E-state index is 12.9. The van der Waals surface area contributed by atoms with Gasteiger partial charge in [-0.05, 0) is 36.2 Å². The van der Waals surface area contributed by atoms with E-state index in [-0.39, 0.29) is 12.1 Å². The van der Waals surface area contributed by atoms with Gasteiger partial charge in [0.05, 0.1) is 20.3 Å². The summed E-state index contributed by atoms with van der Waals surface area (Å²) in [5, 5.41) is 0. The van der Waals surface area contributed by atoms with Crippen molar-refractivity contribution >= 4 is 6.03 Å². The highest BCUT2D eigenvalue weighted by Crippen LogP contribution is 2.36. The molecule has 25 heavy (non-hydrogen) atoms. The van der Waals surface area contributed by atoms with Gasteiger partial charge in [-0.25, -0.2) is 4.79 Å². The smallest absolute Gasteiger partial charge is 0.320 e. The molecule has 1 unspecified atom stereocenters. The average molecular weight is 343 g/mol. The summed E-state index contributed by atoms with van der Waals surface area (Å²) in [6, 6.07) is 9.73. The van der Waals surface area contributed by atoms with Crippen molar-refractivity contribution in [3.8, 4) is 11.5 Å². The Morgan fingerprint density at radius 3 is 2.40 bits per heavy atom. The monoisotopic (exact) mass is 343 g/mol. The summed E-state index contributed by atoms with van der Waals surface area (Å²) >= 11 is 0. The number of hydrogen-bond donors (Lipinski definition) is 0. The second-order valence-electron chi connectivity index (χ2n) is 6.40. The summed E-state index contributed by atoms with van der Waals surface area (Å²) < 4.78 is 13.1. The fourth-order valence-electron chi connectivity index (χ4n) is 3.38. The number of hydrogen-bond acceptors (Lipinski definition) is 3. The molecule has 0 fully saturated rings. The second-order valence-corrected chi connectivity index (χ2v) is 6.40. The Morgan fingerprint density at radius 1 is 1.12 bits per heavy atom. The van der Waals surface area contributed by atoms with Crippen LogP contribution >= 0.6 is 0 Å². The molecular weight excluding hydrogens is 318 g/mol. The van der Waals surface area contributed by atoms with Gasteiger partial charge in [0.2, 0.25) is 0 Å². The van der Waals surface area contributed by atoms with Crippen molar-refractivity contribution in [1.82, 2.24) is 14.4 Å². The van der Waals surface area contributed by atoms with Crippen LogP contribution in [0.4, 0.5) is 4.79 Å². The number of carbonyl (C=O) groups is 1. The summed E-state index contributed by atoms with van der Waals surface area (Å²) in [7, 11) is 6.85. The summed E-state index contributed by atoms with van der Waals surface area (Å²) in [6.07, 6.45) is 2.99. The first-order chi connectivity index (χ1) is 12.0. The summed E-state index contributed by atoms with van der Waals surface area (Å²) in [5.41, 5.74) is 2.08. The van der Waals surface area contributed by atoms with E-state index < -0.39 is 0 Å². The number of benzene rings is 1. The van der Waals surface area contributed by atoms with E-state index in [0.717, 1.165) is 24.2 Å². The quantitative estimate of drug-likeness (QED) is 0.861. The molecule has 1 aromatic carbocycles. The highest BCUT2D eigenvalue weighted by atomic mass is 16.5. The number of urea groups is 1. The minimum Gasteiger partial charge on any atom is -0.497 e. The van der Waals surface area contributed by atoms with E-state index in [4.69, 9.17) is 9.47 Å². The minimum atomic E-state index is -0.184. The van der Waals surface area contributed by atoms with Gasteiger partial charge in [0.25, 0.3) is 0 Å². The van der Waals surface area contributed by atoms with Gasteiger partial charge in [-0.3, -0.25) is 0 Å². The zero-order valence-electron chi connectivity index (χ0n) is 15.2. The summed E-state index contributed by atoms with van der Waals surface area (Å²) in [6.45, 7) is 1.60. The molecule has 134 valence electrons. The molecule has 1 aliphatic rings. The van der Waals surface area contributed by atoms with Gasteiger partial charge in [-0.1, -0.05) is 0 Å². The van der Waals surface area contributed by atoms with E-state index in [2.05, 4.69) is 16.8 Å². The SMILES string of the molecule is COc1cc(OC)cc(C2c3cccn3CCCN2C(=O)N(C)C)c1. The van der Waals surface area contributed by atoms with E-state index in [1.807, 2.05) is 29.2 Å². The highest BCUT2D eigenvalue weighted by molar-refractivity contribution is 5.75. The largest absolute Gasteiger partial charge is 0.497 e. The van der Waals surface area contributed by atoms with Gasteiger partial charge in [-0.15, -0.1) is 0 Å². The number of fused-ring (bicyclic) bond motifs is 1. The molecule has 3 rings (SSSR count). The fourth-order valence-corrected chi connectivity index (χ4v) is 3.38. The molecule has 0 radical (unpaired) electrons. The Balaban J connectivity index is 2.15. The Morgan fingerprint density at radius 2 is 1.80 bits per heavy atom. The molecule has 1 aliphatic heterocycles. The first-order valence-electron chi connectivity index (χ1n) is 8.41. The number of nitrogens with zero attached hydrogens (tertiary/aromatic N) is 3. The third kappa shape index (κ3) is 3.29. The van der Waals surface area contributed by atoms with Gasteiger partial charge in [-0.2, -0.15) is 0 Å². The van der Waals surface area contributed by atoms with E-state index in [9.17, 15) is 4.79 Å². The Bertz CT molecular complexity index is 732. The van der Waals surface area contributed by atoms with Crippen LogP contribution in [0.15, 0.2) is 36.5 Å². The molecular formula is C19H25N3O3. The molecule has 0 saturated carbocycles. The van der Waals surface area contributed by atoms with Crippen LogP contribution in [0.3, 0.4) is 0 Å². The van der Waals surface area contributed by atoms with Crippen molar-refractivity contribution in [3.63, 3.8) is 0 Å². The molecule has 0 spiro atoms. The highest BCUT2D eigenvalue weighted by Gasteiger charge is 2.32. The van der Waals surface area contributed by atoms with Crippen LogP contribution < -0.4 is 9.47 Å². The van der Waals surface area contributed by atoms with Crippen molar-refractivity contribution in [1.29, 1.82) is 0 Å². The van der Waals surface area contributed by atoms with E-state index in [1.54, 1.807) is 33.2 Å². The molecule has 0 N–H and O–H groups in total. The molecule has 6 heteroatoms. The predicted molar refractivity (Wildman–Crippen MR) is 96.2 cm³/mol. The third-order valence-corrected chi connectivity index (χ3v) is 4.57. The van der Waals surface area contributed by atoms with Gasteiger partial charge >= 0.3 is 6.03 Å². The fraction of sp³-hybridized carbons (Fsp3) is 0.421. The number of methoxy groups -OCH3 is 2. The lowest BCUT2D eigenvalue weighted by Crippen LogP contribution is -2.42. The maximum absolute atomic E-state index is 12.9. The average Bonchev–Trinajstić information content (AvgIpc) is 3.00. The molecule has 2 heterocycles. The van der Waals surface area contributed by atoms with Crippen LogP contribution in [0.1, 0.15) is 23.7 Å². The van der Waals surface area contributed by atoms with Gasteiger partial charge in [0.15, 0.2) is 0 Å². The standard InChI is InChI=1S/C19H25N3O3/c1-20(2)19(23)22-10-6-9-21-8-5-7-17(21)18(22)14-11-15(24-3)13-16(12-14)25-4/h5,7-8,11-13,18H,6,9-10H2,1-4H3. The Labute approximate surface area is 148 Å². The topological polar surface area (TPSA) is 46.9 Å². The van der Waals surface area contributed by atoms with E-state index in [1.165, 1.54) is 0 Å². The number of ether oxygens (including phenoxy) is 2. The van der Waals surface area contributed by atoms with Gasteiger partial charge in [0.1, 0.15) is 11.5 Å². The predicted octanol–water partition coefficient (Wildman–Crippen LogP) is 2.98. The molecule has 2 amide bonds. The van der Waals surface area contributed by atoms with Crippen LogP contribution in [0, 0.1) is 0 Å². The third-order valence-electron chi connectivity index (χ3n) is 4.57. The number of rotatable bonds is 3. The molecule has 0 saturated heterocycles. The van der Waals surface area contributed by atoms with Gasteiger partial charge < -0.3 is 23.8 Å². The van der Waals surface area contributed by atoms with Crippen LogP contribution in [0.2, 0.25) is 0 Å². The number of aromatic nitrogens is 1. The van der Waals surface area contributed by atoms with Crippen LogP contribution in [-0.2, 0) is 6.54 Å². The molecule has 6 nitrogen and oxygen atoms in total. The second kappa shape index (κ2) is 7.09. The lowest BCUT2D eigenvalue weighted by molar-refractivity contribution is 0.158. The van der Waals surface area contributed by atoms with Crippen molar-refractivity contribution in [3.05, 3.63) is 47.8 Å². The van der Waals surface area contributed by atoms with Crippen LogP contribution in [0.25, 0.3) is 0 Å². The number of carbonyl (C=O) groups excluding carboxylic acids is 1. The van der Waals surface area contributed by atoms with Crippen LogP contribution in [-0.4, -0.2) is 55.3 Å².